The zero-order valence-electron chi connectivity index (χ0n) is 22.9. The van der Waals surface area contributed by atoms with Crippen molar-refractivity contribution in [1.82, 2.24) is 29.3 Å². The quantitative estimate of drug-likeness (QED) is 0.562. The van der Waals surface area contributed by atoms with E-state index < -0.39 is 0 Å². The Morgan fingerprint density at radius 3 is 2.51 bits per heavy atom. The van der Waals surface area contributed by atoms with Gasteiger partial charge in [0.1, 0.15) is 0 Å². The Bertz CT molecular complexity index is 1290. The molecule has 7 heteroatoms. The largest absolute Gasteiger partial charge is 0.370 e. The minimum absolute atomic E-state index is 0.0187. The standard InChI is InChI=1S/C30H40N6O/c1-6-27-29-18-28(32-36(29)19-22(5)31-27)26-17-30(37)35-20-25(12-11-24(35)10-9-21(26)4)34-15-13-23(14-16-34)33(7-2)8-3/h10-12,17-21,23H,6-9,13-16H2,1-5H3. The highest BCUT2D eigenvalue weighted by atomic mass is 16.2. The number of likely N-dealkylation sites (tertiary alicyclic amines) is 1. The molecule has 0 spiro atoms. The first-order valence-corrected chi connectivity index (χ1v) is 13.9. The van der Waals surface area contributed by atoms with Crippen LogP contribution in [0.15, 0.2) is 54.2 Å². The molecule has 5 rings (SSSR count). The number of hydrogen-bond acceptors (Lipinski definition) is 5. The molecule has 7 nitrogen and oxygen atoms in total. The number of piperidine rings is 1. The van der Waals surface area contributed by atoms with Crippen molar-refractivity contribution in [2.75, 3.05) is 26.2 Å². The van der Waals surface area contributed by atoms with Crippen molar-refractivity contribution in [3.8, 4) is 0 Å². The third kappa shape index (κ3) is 5.01. The Kier molecular flexibility index (Phi) is 7.33. The van der Waals surface area contributed by atoms with E-state index in [0.717, 1.165) is 91.4 Å². The van der Waals surface area contributed by atoms with Gasteiger partial charge in [-0.25, -0.2) is 4.52 Å². The van der Waals surface area contributed by atoms with Crippen LogP contribution in [0.3, 0.4) is 0 Å². The van der Waals surface area contributed by atoms with Crippen LogP contribution in [0.2, 0.25) is 0 Å². The summed E-state index contributed by atoms with van der Waals surface area (Å²) in [5.41, 5.74) is 6.90. The van der Waals surface area contributed by atoms with Gasteiger partial charge >= 0.3 is 0 Å². The maximum absolute atomic E-state index is 13.6. The van der Waals surface area contributed by atoms with Gasteiger partial charge in [0.15, 0.2) is 0 Å². The van der Waals surface area contributed by atoms with Gasteiger partial charge < -0.3 is 9.80 Å². The second kappa shape index (κ2) is 10.7. The molecule has 196 valence electrons. The summed E-state index contributed by atoms with van der Waals surface area (Å²) in [6.07, 6.45) is 16.3. The third-order valence-corrected chi connectivity index (χ3v) is 8.13. The summed E-state index contributed by atoms with van der Waals surface area (Å²) in [5, 5.41) is 4.87. The van der Waals surface area contributed by atoms with E-state index in [4.69, 9.17) is 5.10 Å². The average Bonchev–Trinajstić information content (AvgIpc) is 3.33. The molecule has 0 saturated carbocycles. The number of aromatic nitrogens is 3. The predicted octanol–water partition coefficient (Wildman–Crippen LogP) is 4.95. The lowest BCUT2D eigenvalue weighted by atomic mass is 9.92. The maximum Gasteiger partial charge on any atom is 0.255 e. The van der Waals surface area contributed by atoms with Gasteiger partial charge in [0.2, 0.25) is 0 Å². The monoisotopic (exact) mass is 500 g/mol. The molecule has 1 unspecified atom stereocenters. The van der Waals surface area contributed by atoms with Gasteiger partial charge in [-0.1, -0.05) is 33.8 Å². The van der Waals surface area contributed by atoms with E-state index in [1.807, 2.05) is 28.7 Å². The van der Waals surface area contributed by atoms with Crippen LogP contribution in [0, 0.1) is 12.8 Å². The maximum atomic E-state index is 13.6. The summed E-state index contributed by atoms with van der Waals surface area (Å²) in [5.74, 6) is 0.162. The van der Waals surface area contributed by atoms with E-state index in [-0.39, 0.29) is 11.8 Å². The molecule has 3 aliphatic heterocycles. The highest BCUT2D eigenvalue weighted by Gasteiger charge is 2.28. The number of nitrogens with zero attached hydrogens (tertiary/aromatic N) is 6. The van der Waals surface area contributed by atoms with Gasteiger partial charge in [-0.05, 0) is 75.4 Å². The minimum atomic E-state index is -0.0187. The van der Waals surface area contributed by atoms with Crippen LogP contribution in [-0.2, 0) is 11.2 Å². The Morgan fingerprint density at radius 2 is 1.81 bits per heavy atom. The molecule has 1 amide bonds. The Balaban J connectivity index is 1.40. The van der Waals surface area contributed by atoms with Gasteiger partial charge in [-0.3, -0.25) is 14.7 Å². The molecule has 1 atom stereocenters. The van der Waals surface area contributed by atoms with E-state index in [0.29, 0.717) is 6.04 Å². The van der Waals surface area contributed by atoms with Crippen molar-refractivity contribution in [1.29, 1.82) is 0 Å². The van der Waals surface area contributed by atoms with Crippen molar-refractivity contribution in [2.45, 2.75) is 66.3 Å². The summed E-state index contributed by atoms with van der Waals surface area (Å²) in [4.78, 5) is 25.1. The number of allylic oxidation sites excluding steroid dienone is 4. The second-order valence-corrected chi connectivity index (χ2v) is 10.4. The molecule has 0 radical (unpaired) electrons. The van der Waals surface area contributed by atoms with Crippen LogP contribution in [0.5, 0.6) is 0 Å². The molecular formula is C30H40N6O. The number of rotatable bonds is 6. The van der Waals surface area contributed by atoms with Crippen LogP contribution < -0.4 is 0 Å². The van der Waals surface area contributed by atoms with E-state index in [1.54, 1.807) is 6.08 Å². The van der Waals surface area contributed by atoms with E-state index in [9.17, 15) is 4.79 Å². The molecule has 2 aromatic heterocycles. The zero-order valence-corrected chi connectivity index (χ0v) is 22.9. The normalized spacial score (nSPS) is 21.1. The van der Waals surface area contributed by atoms with Gasteiger partial charge in [-0.2, -0.15) is 5.10 Å². The molecule has 1 fully saturated rings. The van der Waals surface area contributed by atoms with Gasteiger partial charge in [0, 0.05) is 37.1 Å². The highest BCUT2D eigenvalue weighted by Crippen LogP contribution is 2.32. The molecule has 3 aliphatic rings. The molecule has 0 aromatic carbocycles. The molecule has 0 aliphatic carbocycles. The highest BCUT2D eigenvalue weighted by molar-refractivity contribution is 5.98. The van der Waals surface area contributed by atoms with E-state index in [1.165, 1.54) is 0 Å². The van der Waals surface area contributed by atoms with Crippen molar-refractivity contribution in [2.24, 2.45) is 5.92 Å². The number of aryl methyl sites for hydroxylation is 2. The Hall–Kier alpha value is -3.19. The van der Waals surface area contributed by atoms with E-state index in [2.05, 4.69) is 66.8 Å². The summed E-state index contributed by atoms with van der Waals surface area (Å²) in [7, 11) is 0. The summed E-state index contributed by atoms with van der Waals surface area (Å²) in [6.45, 7) is 15.0. The molecule has 37 heavy (non-hydrogen) atoms. The zero-order chi connectivity index (χ0) is 26.1. The van der Waals surface area contributed by atoms with Crippen molar-refractivity contribution >= 4 is 17.0 Å². The van der Waals surface area contributed by atoms with Gasteiger partial charge in [0.05, 0.1) is 34.5 Å². The summed E-state index contributed by atoms with van der Waals surface area (Å²) >= 11 is 0. The van der Waals surface area contributed by atoms with Crippen LogP contribution in [0.25, 0.3) is 11.1 Å². The fourth-order valence-corrected chi connectivity index (χ4v) is 5.96. The SMILES string of the molecule is CCc1nc(C)cn2nc(C3=CC(=O)N4C=C(N5CCC(N(CC)CC)CC5)C=CC4=CCC3C)cc12. The molecule has 1 saturated heterocycles. The van der Waals surface area contributed by atoms with Crippen molar-refractivity contribution in [3.63, 3.8) is 0 Å². The molecule has 2 aromatic rings. The lowest BCUT2D eigenvalue weighted by Crippen LogP contribution is -2.44. The van der Waals surface area contributed by atoms with Crippen LogP contribution >= 0.6 is 0 Å². The number of fused-ring (bicyclic) bond motifs is 2. The molecule has 0 bridgehead atoms. The first-order valence-electron chi connectivity index (χ1n) is 13.9. The first kappa shape index (κ1) is 25.5. The average molecular weight is 501 g/mol. The smallest absolute Gasteiger partial charge is 0.255 e. The van der Waals surface area contributed by atoms with Gasteiger partial charge in [-0.15, -0.1) is 0 Å². The number of amides is 1. The van der Waals surface area contributed by atoms with Crippen LogP contribution in [-0.4, -0.2) is 67.4 Å². The van der Waals surface area contributed by atoms with Crippen molar-refractivity contribution in [3.05, 3.63) is 71.2 Å². The van der Waals surface area contributed by atoms with Crippen molar-refractivity contribution < 1.29 is 4.79 Å². The summed E-state index contributed by atoms with van der Waals surface area (Å²) < 4.78 is 1.91. The van der Waals surface area contributed by atoms with Crippen LogP contribution in [0.4, 0.5) is 0 Å². The fourth-order valence-electron chi connectivity index (χ4n) is 5.96. The fraction of sp³-hybridized carbons (Fsp3) is 0.500. The van der Waals surface area contributed by atoms with Gasteiger partial charge in [0.25, 0.3) is 5.91 Å². The summed E-state index contributed by atoms with van der Waals surface area (Å²) in [6, 6.07) is 2.74. The Morgan fingerprint density at radius 1 is 1.08 bits per heavy atom. The second-order valence-electron chi connectivity index (χ2n) is 10.4. The molecular weight excluding hydrogens is 460 g/mol. The first-order chi connectivity index (χ1) is 17.9. The minimum Gasteiger partial charge on any atom is -0.370 e. The van der Waals surface area contributed by atoms with E-state index >= 15 is 0 Å². The lowest BCUT2D eigenvalue weighted by molar-refractivity contribution is -0.122. The number of hydrogen-bond donors (Lipinski definition) is 0. The predicted molar refractivity (Wildman–Crippen MR) is 149 cm³/mol. The number of carbonyl (C=O) groups is 1. The third-order valence-electron chi connectivity index (χ3n) is 8.13. The molecule has 0 N–H and O–H groups in total. The lowest BCUT2D eigenvalue weighted by Gasteiger charge is -2.40. The topological polar surface area (TPSA) is 57.0 Å². The van der Waals surface area contributed by atoms with Crippen LogP contribution in [0.1, 0.15) is 64.0 Å². The molecule has 5 heterocycles. The number of carbonyl (C=O) groups excluding carboxylic acids is 1. The Labute approximate surface area is 220 Å².